The molecule has 0 bridgehead atoms. The third-order valence-corrected chi connectivity index (χ3v) is 4.23. The monoisotopic (exact) mass is 326 g/mol. The maximum Gasteiger partial charge on any atom is 0.225 e. The van der Waals surface area contributed by atoms with E-state index in [4.69, 9.17) is 4.74 Å². The van der Waals surface area contributed by atoms with Crippen LogP contribution in [-0.2, 0) is 11.3 Å². The molecular formula is C17H27ClN2O2. The number of carbonyl (C=O) groups is 1. The van der Waals surface area contributed by atoms with Crippen LogP contribution in [0.3, 0.4) is 0 Å². The van der Waals surface area contributed by atoms with Gasteiger partial charge in [0.05, 0.1) is 7.11 Å². The Morgan fingerprint density at radius 1 is 1.45 bits per heavy atom. The minimum absolute atomic E-state index is 0. The van der Waals surface area contributed by atoms with Gasteiger partial charge >= 0.3 is 0 Å². The summed E-state index contributed by atoms with van der Waals surface area (Å²) in [6.45, 7) is 5.76. The Kier molecular flexibility index (Phi) is 7.17. The van der Waals surface area contributed by atoms with Gasteiger partial charge in [0.2, 0.25) is 5.91 Å². The highest BCUT2D eigenvalue weighted by Crippen LogP contribution is 2.22. The number of amides is 1. The molecule has 1 heterocycles. The molecule has 0 radical (unpaired) electrons. The van der Waals surface area contributed by atoms with Crippen molar-refractivity contribution in [3.63, 3.8) is 0 Å². The number of piperidine rings is 1. The second-order valence-electron chi connectivity index (χ2n) is 6.07. The fourth-order valence-electron chi connectivity index (χ4n) is 3.06. The lowest BCUT2D eigenvalue weighted by molar-refractivity contribution is -0.135. The summed E-state index contributed by atoms with van der Waals surface area (Å²) in [5.74, 6) is 1.31. The minimum atomic E-state index is 0. The van der Waals surface area contributed by atoms with E-state index in [0.717, 1.165) is 36.3 Å². The fourth-order valence-corrected chi connectivity index (χ4v) is 3.06. The molecule has 2 rings (SSSR count). The molecule has 0 aromatic heterocycles. The average molecular weight is 327 g/mol. The van der Waals surface area contributed by atoms with Gasteiger partial charge < -0.3 is 15.0 Å². The number of hydrogen-bond donors (Lipinski definition) is 1. The Morgan fingerprint density at radius 3 is 2.77 bits per heavy atom. The average Bonchev–Trinajstić information content (AvgIpc) is 2.46. The van der Waals surface area contributed by atoms with Gasteiger partial charge in [-0.2, -0.15) is 0 Å². The lowest BCUT2D eigenvalue weighted by Gasteiger charge is -2.30. The third-order valence-electron chi connectivity index (χ3n) is 4.23. The molecule has 0 saturated carbocycles. The first-order valence-corrected chi connectivity index (χ1v) is 7.63. The van der Waals surface area contributed by atoms with Crippen LogP contribution >= 0.6 is 12.4 Å². The van der Waals surface area contributed by atoms with E-state index in [0.29, 0.717) is 12.6 Å². The van der Waals surface area contributed by atoms with Crippen LogP contribution in [0, 0.1) is 12.8 Å². The Labute approximate surface area is 139 Å². The van der Waals surface area contributed by atoms with E-state index >= 15 is 0 Å². The molecule has 0 aliphatic carbocycles. The third kappa shape index (κ3) is 4.62. The first-order valence-electron chi connectivity index (χ1n) is 7.63. The van der Waals surface area contributed by atoms with Crippen LogP contribution in [0.1, 0.15) is 30.9 Å². The molecule has 1 N–H and O–H groups in total. The molecule has 22 heavy (non-hydrogen) atoms. The zero-order valence-electron chi connectivity index (χ0n) is 13.9. The second-order valence-corrected chi connectivity index (χ2v) is 6.07. The van der Waals surface area contributed by atoms with Crippen molar-refractivity contribution >= 4 is 18.3 Å². The lowest BCUT2D eigenvalue weighted by Crippen LogP contribution is -2.42. The molecule has 2 atom stereocenters. The quantitative estimate of drug-likeness (QED) is 0.925. The number of rotatable bonds is 4. The normalized spacial score (nSPS) is 20.9. The van der Waals surface area contributed by atoms with E-state index in [9.17, 15) is 4.79 Å². The van der Waals surface area contributed by atoms with Crippen LogP contribution < -0.4 is 10.1 Å². The molecule has 1 fully saturated rings. The molecule has 1 aliphatic rings. The summed E-state index contributed by atoms with van der Waals surface area (Å²) in [5.41, 5.74) is 2.25. The van der Waals surface area contributed by atoms with Crippen molar-refractivity contribution in [2.24, 2.45) is 5.92 Å². The summed E-state index contributed by atoms with van der Waals surface area (Å²) >= 11 is 0. The van der Waals surface area contributed by atoms with Crippen molar-refractivity contribution in [3.05, 3.63) is 29.3 Å². The highest BCUT2D eigenvalue weighted by Gasteiger charge is 2.27. The van der Waals surface area contributed by atoms with E-state index < -0.39 is 0 Å². The number of methoxy groups -OCH3 is 1. The molecule has 0 unspecified atom stereocenters. The number of benzene rings is 1. The van der Waals surface area contributed by atoms with E-state index in [1.807, 2.05) is 31.0 Å². The smallest absolute Gasteiger partial charge is 0.225 e. The van der Waals surface area contributed by atoms with Crippen molar-refractivity contribution in [1.82, 2.24) is 10.2 Å². The molecular weight excluding hydrogens is 300 g/mol. The first-order chi connectivity index (χ1) is 10.0. The SMILES string of the molecule is COc1ccc(CN(C)C(=O)[C@H]2CCN[C@@H](C)C2)cc1C.Cl. The van der Waals surface area contributed by atoms with Crippen molar-refractivity contribution in [2.45, 2.75) is 39.3 Å². The fraction of sp³-hybridized carbons (Fsp3) is 0.588. The summed E-state index contributed by atoms with van der Waals surface area (Å²) < 4.78 is 5.27. The maximum atomic E-state index is 12.5. The Balaban J connectivity index is 0.00000242. The van der Waals surface area contributed by atoms with Crippen LogP contribution in [0.5, 0.6) is 5.75 Å². The maximum absolute atomic E-state index is 12.5. The molecule has 1 aromatic rings. The molecule has 1 amide bonds. The van der Waals surface area contributed by atoms with E-state index in [1.54, 1.807) is 7.11 Å². The first kappa shape index (κ1) is 18.8. The largest absolute Gasteiger partial charge is 0.496 e. The molecule has 1 saturated heterocycles. The second kappa shape index (κ2) is 8.39. The van der Waals surface area contributed by atoms with Gasteiger partial charge in [-0.25, -0.2) is 0 Å². The minimum Gasteiger partial charge on any atom is -0.496 e. The van der Waals surface area contributed by atoms with Crippen molar-refractivity contribution < 1.29 is 9.53 Å². The topological polar surface area (TPSA) is 41.6 Å². The summed E-state index contributed by atoms with van der Waals surface area (Å²) in [5, 5.41) is 3.39. The van der Waals surface area contributed by atoms with E-state index in [1.165, 1.54) is 0 Å². The number of nitrogens with zero attached hydrogens (tertiary/aromatic N) is 1. The Morgan fingerprint density at radius 2 is 2.18 bits per heavy atom. The number of carbonyl (C=O) groups excluding carboxylic acids is 1. The van der Waals surface area contributed by atoms with Crippen molar-refractivity contribution in [1.29, 1.82) is 0 Å². The van der Waals surface area contributed by atoms with Gasteiger partial charge in [0.15, 0.2) is 0 Å². The lowest BCUT2D eigenvalue weighted by atomic mass is 9.92. The van der Waals surface area contributed by atoms with Gasteiger partial charge in [-0.05, 0) is 50.4 Å². The summed E-state index contributed by atoms with van der Waals surface area (Å²) in [6.07, 6.45) is 1.87. The van der Waals surface area contributed by atoms with Gasteiger partial charge in [-0.1, -0.05) is 12.1 Å². The number of ether oxygens (including phenoxy) is 1. The van der Waals surface area contributed by atoms with Gasteiger partial charge in [0.1, 0.15) is 5.75 Å². The predicted octanol–water partition coefficient (Wildman–Crippen LogP) is 2.77. The van der Waals surface area contributed by atoms with Crippen LogP contribution in [0.2, 0.25) is 0 Å². The number of nitrogens with one attached hydrogen (secondary N) is 1. The van der Waals surface area contributed by atoms with Gasteiger partial charge in [-0.3, -0.25) is 4.79 Å². The zero-order valence-corrected chi connectivity index (χ0v) is 14.7. The molecule has 1 aliphatic heterocycles. The van der Waals surface area contributed by atoms with Crippen LogP contribution in [0.4, 0.5) is 0 Å². The van der Waals surface area contributed by atoms with E-state index in [2.05, 4.69) is 18.3 Å². The molecule has 0 spiro atoms. The van der Waals surface area contributed by atoms with Crippen LogP contribution in [0.15, 0.2) is 18.2 Å². The predicted molar refractivity (Wildman–Crippen MR) is 91.6 cm³/mol. The Bertz CT molecular complexity index is 507. The molecule has 4 nitrogen and oxygen atoms in total. The summed E-state index contributed by atoms with van der Waals surface area (Å²) in [6, 6.07) is 6.52. The highest BCUT2D eigenvalue weighted by atomic mass is 35.5. The highest BCUT2D eigenvalue weighted by molar-refractivity contribution is 5.85. The standard InChI is InChI=1S/C17H26N2O2.ClH/c1-12-9-14(5-6-16(12)21-4)11-19(3)17(20)15-7-8-18-13(2)10-15;/h5-6,9,13,15,18H,7-8,10-11H2,1-4H3;1H/t13-,15-;/m0./s1. The van der Waals surface area contributed by atoms with Gasteiger partial charge in [0, 0.05) is 25.6 Å². The zero-order chi connectivity index (χ0) is 15.4. The molecule has 1 aromatic carbocycles. The van der Waals surface area contributed by atoms with Crippen LogP contribution in [-0.4, -0.2) is 37.6 Å². The van der Waals surface area contributed by atoms with Crippen LogP contribution in [0.25, 0.3) is 0 Å². The molecule has 5 heteroatoms. The van der Waals surface area contributed by atoms with Crippen molar-refractivity contribution in [3.8, 4) is 5.75 Å². The van der Waals surface area contributed by atoms with Gasteiger partial charge in [0.25, 0.3) is 0 Å². The van der Waals surface area contributed by atoms with Crippen molar-refractivity contribution in [2.75, 3.05) is 20.7 Å². The molecule has 124 valence electrons. The number of hydrogen-bond acceptors (Lipinski definition) is 3. The van der Waals surface area contributed by atoms with Gasteiger partial charge in [-0.15, -0.1) is 12.4 Å². The summed E-state index contributed by atoms with van der Waals surface area (Å²) in [4.78, 5) is 14.4. The van der Waals surface area contributed by atoms with E-state index in [-0.39, 0.29) is 24.2 Å². The summed E-state index contributed by atoms with van der Waals surface area (Å²) in [7, 11) is 3.57. The number of aryl methyl sites for hydroxylation is 1. The Hall–Kier alpha value is -1.26. The number of halogens is 1.